The van der Waals surface area contributed by atoms with Gasteiger partial charge in [-0.1, -0.05) is 30.8 Å². The first-order valence-corrected chi connectivity index (χ1v) is 10.5. The second-order valence-electron chi connectivity index (χ2n) is 6.54. The minimum atomic E-state index is -0.915. The van der Waals surface area contributed by atoms with E-state index in [1.165, 1.54) is 23.1 Å². The molecule has 148 valence electrons. The van der Waals surface area contributed by atoms with Crippen molar-refractivity contribution in [2.45, 2.75) is 44.5 Å². The zero-order valence-electron chi connectivity index (χ0n) is 15.8. The molecule has 11 heteroatoms. The van der Waals surface area contributed by atoms with Crippen LogP contribution in [0.25, 0.3) is 5.70 Å². The highest BCUT2D eigenvalue weighted by molar-refractivity contribution is 8.03. The van der Waals surface area contributed by atoms with E-state index in [1.807, 2.05) is 26.2 Å². The minimum Gasteiger partial charge on any atom is -0.351 e. The normalized spacial score (nSPS) is 18.5. The summed E-state index contributed by atoms with van der Waals surface area (Å²) in [6, 6.07) is 1.75. The summed E-state index contributed by atoms with van der Waals surface area (Å²) < 4.78 is 5.15. The zero-order valence-corrected chi connectivity index (χ0v) is 17.4. The van der Waals surface area contributed by atoms with E-state index in [1.54, 1.807) is 5.51 Å². The van der Waals surface area contributed by atoms with E-state index in [-0.39, 0.29) is 18.4 Å². The number of carbonyl (C=O) groups excluding carboxylic acids is 1. The third kappa shape index (κ3) is 4.63. The summed E-state index contributed by atoms with van der Waals surface area (Å²) in [4.78, 5) is 21.0. The Bertz CT molecular complexity index is 915. The number of aryl methyl sites for hydroxylation is 1. The molecule has 0 saturated heterocycles. The van der Waals surface area contributed by atoms with Crippen LogP contribution in [0.3, 0.4) is 0 Å². The molecule has 1 aliphatic rings. The van der Waals surface area contributed by atoms with E-state index in [0.29, 0.717) is 24.7 Å². The molecule has 3 heterocycles. The molecule has 0 bridgehead atoms. The third-order valence-electron chi connectivity index (χ3n) is 3.96. The molecule has 3 rings (SSSR count). The number of nitrogens with zero attached hydrogens (tertiary/aromatic N) is 4. The number of nitriles is 1. The van der Waals surface area contributed by atoms with E-state index >= 15 is 0 Å². The number of thioether (sulfide) groups is 1. The van der Waals surface area contributed by atoms with Crippen molar-refractivity contribution in [2.75, 3.05) is 6.54 Å². The Balaban J connectivity index is 1.53. The fraction of sp³-hybridized carbons (Fsp3) is 0.471. The number of aromatic nitrogens is 3. The number of rotatable bonds is 7. The van der Waals surface area contributed by atoms with E-state index < -0.39 is 4.99 Å². The lowest BCUT2D eigenvalue weighted by molar-refractivity contribution is 0.234. The molecule has 1 atom stereocenters. The molecule has 0 aliphatic carbocycles. The molecule has 0 aromatic carbocycles. The lowest BCUT2D eigenvalue weighted by Gasteiger charge is -2.28. The average Bonchev–Trinajstić information content (AvgIpc) is 3.35. The lowest BCUT2D eigenvalue weighted by atomic mass is 10.2. The molecule has 2 aromatic heterocycles. The van der Waals surface area contributed by atoms with Crippen LogP contribution in [0.4, 0.5) is 4.79 Å². The predicted molar refractivity (Wildman–Crippen MR) is 107 cm³/mol. The highest BCUT2D eigenvalue weighted by atomic mass is 32.2. The molecule has 0 radical (unpaired) electrons. The SMILES string of the molecule is Cc1ncsc1C1=CSC(CC#N)(NC(=O)NCCc2noc(C(C)C)n2)N1. The van der Waals surface area contributed by atoms with Crippen LogP contribution in [0.5, 0.6) is 0 Å². The predicted octanol–water partition coefficient (Wildman–Crippen LogP) is 2.70. The van der Waals surface area contributed by atoms with Gasteiger partial charge in [0.25, 0.3) is 0 Å². The maximum absolute atomic E-state index is 12.4. The van der Waals surface area contributed by atoms with Gasteiger partial charge >= 0.3 is 6.03 Å². The summed E-state index contributed by atoms with van der Waals surface area (Å²) in [5.41, 5.74) is 3.53. The molecule has 0 saturated carbocycles. The molecule has 28 heavy (non-hydrogen) atoms. The number of amides is 2. The number of hydrogen-bond acceptors (Lipinski definition) is 9. The summed E-state index contributed by atoms with van der Waals surface area (Å²) >= 11 is 2.88. The van der Waals surface area contributed by atoms with E-state index in [2.05, 4.69) is 37.1 Å². The van der Waals surface area contributed by atoms with Crippen molar-refractivity contribution in [1.29, 1.82) is 5.26 Å². The summed E-state index contributed by atoms with van der Waals surface area (Å²) in [6.07, 6.45) is 0.560. The van der Waals surface area contributed by atoms with Gasteiger partial charge in [0.05, 0.1) is 34.3 Å². The van der Waals surface area contributed by atoms with Crippen molar-refractivity contribution < 1.29 is 9.32 Å². The molecule has 1 aliphatic heterocycles. The molecular formula is C17H21N7O2S2. The van der Waals surface area contributed by atoms with Gasteiger partial charge in [-0.15, -0.1) is 11.3 Å². The smallest absolute Gasteiger partial charge is 0.317 e. The van der Waals surface area contributed by atoms with Crippen LogP contribution in [0, 0.1) is 18.3 Å². The molecule has 2 aromatic rings. The van der Waals surface area contributed by atoms with Crippen molar-refractivity contribution in [3.8, 4) is 6.07 Å². The van der Waals surface area contributed by atoms with Crippen molar-refractivity contribution in [3.63, 3.8) is 0 Å². The van der Waals surface area contributed by atoms with Gasteiger partial charge in [0.15, 0.2) is 10.8 Å². The van der Waals surface area contributed by atoms with Crippen LogP contribution < -0.4 is 16.0 Å². The van der Waals surface area contributed by atoms with Gasteiger partial charge in [-0.2, -0.15) is 10.2 Å². The van der Waals surface area contributed by atoms with Crippen LogP contribution in [0.2, 0.25) is 0 Å². The average molecular weight is 420 g/mol. The Labute approximate surface area is 171 Å². The van der Waals surface area contributed by atoms with E-state index in [0.717, 1.165) is 16.3 Å². The van der Waals surface area contributed by atoms with Crippen LogP contribution in [0.1, 0.15) is 48.5 Å². The van der Waals surface area contributed by atoms with Crippen molar-refractivity contribution in [3.05, 3.63) is 33.2 Å². The maximum atomic E-state index is 12.4. The summed E-state index contributed by atoms with van der Waals surface area (Å²) in [7, 11) is 0. The Kier molecular flexibility index (Phi) is 6.21. The standard InChI is InChI=1S/C17H21N7O2S2/c1-10(2)15-21-13(24-26-15)4-7-19-16(25)23-17(5-6-18)22-12(8-28-17)14-11(3)20-9-27-14/h8-10,22H,4-5,7H2,1-3H3,(H2,19,23,25). The second kappa shape index (κ2) is 8.62. The lowest BCUT2D eigenvalue weighted by Crippen LogP contribution is -2.56. The number of urea groups is 1. The largest absolute Gasteiger partial charge is 0.351 e. The highest BCUT2D eigenvalue weighted by Gasteiger charge is 2.37. The Morgan fingerprint density at radius 1 is 1.50 bits per heavy atom. The minimum absolute atomic E-state index is 0.103. The van der Waals surface area contributed by atoms with Gasteiger partial charge in [-0.25, -0.2) is 9.78 Å². The van der Waals surface area contributed by atoms with Crippen LogP contribution in [-0.2, 0) is 6.42 Å². The first kappa shape index (κ1) is 20.2. The fourth-order valence-corrected chi connectivity index (χ4v) is 4.34. The highest BCUT2D eigenvalue weighted by Crippen LogP contribution is 2.38. The summed E-state index contributed by atoms with van der Waals surface area (Å²) in [6.45, 7) is 6.22. The first-order chi connectivity index (χ1) is 13.4. The molecular weight excluding hydrogens is 398 g/mol. The van der Waals surface area contributed by atoms with Crippen LogP contribution >= 0.6 is 23.1 Å². The Morgan fingerprint density at radius 2 is 2.32 bits per heavy atom. The van der Waals surface area contributed by atoms with Gasteiger partial charge in [-0.05, 0) is 12.3 Å². The quantitative estimate of drug-likeness (QED) is 0.625. The number of thiazole rings is 1. The Morgan fingerprint density at radius 3 is 2.96 bits per heavy atom. The van der Waals surface area contributed by atoms with Crippen LogP contribution in [-0.4, -0.2) is 32.7 Å². The molecule has 2 amide bonds. The van der Waals surface area contributed by atoms with Gasteiger partial charge < -0.3 is 20.5 Å². The van der Waals surface area contributed by atoms with Gasteiger partial charge in [0, 0.05) is 18.9 Å². The number of hydrogen-bond donors (Lipinski definition) is 3. The maximum Gasteiger partial charge on any atom is 0.317 e. The molecule has 1 unspecified atom stereocenters. The second-order valence-corrected chi connectivity index (χ2v) is 8.56. The van der Waals surface area contributed by atoms with Crippen molar-refractivity contribution >= 4 is 34.8 Å². The molecule has 0 spiro atoms. The topological polar surface area (TPSA) is 129 Å². The van der Waals surface area contributed by atoms with Gasteiger partial charge in [-0.3, -0.25) is 0 Å². The van der Waals surface area contributed by atoms with E-state index in [4.69, 9.17) is 4.52 Å². The van der Waals surface area contributed by atoms with Crippen molar-refractivity contribution in [1.82, 2.24) is 31.1 Å². The first-order valence-electron chi connectivity index (χ1n) is 8.74. The summed E-state index contributed by atoms with van der Waals surface area (Å²) in [5, 5.41) is 23.9. The number of nitrogens with one attached hydrogen (secondary N) is 3. The van der Waals surface area contributed by atoms with Crippen molar-refractivity contribution in [2.24, 2.45) is 0 Å². The van der Waals surface area contributed by atoms with E-state index in [9.17, 15) is 10.1 Å². The molecule has 3 N–H and O–H groups in total. The molecule has 0 fully saturated rings. The van der Waals surface area contributed by atoms with Gasteiger partial charge in [0.2, 0.25) is 5.89 Å². The Hall–Kier alpha value is -2.58. The third-order valence-corrected chi connectivity index (χ3v) is 6.03. The number of carbonyl (C=O) groups is 1. The zero-order chi connectivity index (χ0) is 20.1. The van der Waals surface area contributed by atoms with Gasteiger partial charge in [0.1, 0.15) is 0 Å². The summed E-state index contributed by atoms with van der Waals surface area (Å²) in [5.74, 6) is 1.29. The van der Waals surface area contributed by atoms with Crippen LogP contribution in [0.15, 0.2) is 15.4 Å². The molecule has 9 nitrogen and oxygen atoms in total. The fourth-order valence-electron chi connectivity index (χ4n) is 2.53. The monoisotopic (exact) mass is 419 g/mol.